The Morgan fingerprint density at radius 1 is 1.03 bits per heavy atom. The molecule has 2 atom stereocenters. The highest BCUT2D eigenvalue weighted by Crippen LogP contribution is 2.42. The van der Waals surface area contributed by atoms with E-state index in [9.17, 15) is 9.59 Å². The first-order valence-corrected chi connectivity index (χ1v) is 11.8. The summed E-state index contributed by atoms with van der Waals surface area (Å²) in [7, 11) is 0. The highest BCUT2D eigenvalue weighted by Gasteiger charge is 2.47. The number of amides is 1. The third-order valence-corrected chi connectivity index (χ3v) is 5.98. The zero-order valence-corrected chi connectivity index (χ0v) is 19.5. The van der Waals surface area contributed by atoms with Crippen LogP contribution in [0.4, 0.5) is 5.95 Å². The average molecular weight is 450 g/mol. The molecule has 33 heavy (non-hydrogen) atoms. The van der Waals surface area contributed by atoms with Crippen LogP contribution in [0.1, 0.15) is 51.6 Å². The van der Waals surface area contributed by atoms with Crippen LogP contribution in [0.5, 0.6) is 5.75 Å². The van der Waals surface area contributed by atoms with Gasteiger partial charge in [-0.25, -0.2) is 4.98 Å². The van der Waals surface area contributed by atoms with E-state index in [0.29, 0.717) is 24.8 Å². The average Bonchev–Trinajstić information content (AvgIpc) is 3.19. The highest BCUT2D eigenvalue weighted by molar-refractivity contribution is 6.08. The number of carbonyl (C=O) groups is 2. The minimum atomic E-state index is -1.01. The molecule has 0 saturated heterocycles. The third-order valence-electron chi connectivity index (χ3n) is 5.98. The van der Waals surface area contributed by atoms with Gasteiger partial charge in [0.2, 0.25) is 11.9 Å². The number of para-hydroxylation sites is 2. The normalized spacial score (nSPS) is 17.8. The minimum Gasteiger partial charge on any atom is -0.494 e. The fourth-order valence-corrected chi connectivity index (χ4v) is 4.54. The van der Waals surface area contributed by atoms with Crippen LogP contribution < -0.4 is 9.64 Å². The van der Waals surface area contributed by atoms with Gasteiger partial charge in [-0.05, 0) is 50.1 Å². The van der Waals surface area contributed by atoms with Crippen molar-refractivity contribution < 1.29 is 19.1 Å². The second-order valence-corrected chi connectivity index (χ2v) is 8.15. The van der Waals surface area contributed by atoms with E-state index in [4.69, 9.17) is 14.5 Å². The monoisotopic (exact) mass is 449 g/mol. The van der Waals surface area contributed by atoms with E-state index in [1.54, 1.807) is 11.8 Å². The molecule has 2 aromatic carbocycles. The summed E-state index contributed by atoms with van der Waals surface area (Å²) in [6, 6.07) is 14.8. The number of unbranched alkanes of at least 4 members (excludes halogenated alkanes) is 2. The predicted molar refractivity (Wildman–Crippen MR) is 127 cm³/mol. The second-order valence-electron chi connectivity index (χ2n) is 8.15. The summed E-state index contributed by atoms with van der Waals surface area (Å²) < 4.78 is 13.1. The van der Waals surface area contributed by atoms with Crippen LogP contribution in [0.3, 0.4) is 0 Å². The fourth-order valence-electron chi connectivity index (χ4n) is 4.54. The number of fused-ring (bicyclic) bond motifs is 3. The van der Waals surface area contributed by atoms with E-state index in [1.807, 2.05) is 60.0 Å². The van der Waals surface area contributed by atoms with E-state index in [2.05, 4.69) is 6.92 Å². The molecular formula is C26H31N3O4. The van der Waals surface area contributed by atoms with Gasteiger partial charge in [-0.1, -0.05) is 44.0 Å². The van der Waals surface area contributed by atoms with Gasteiger partial charge in [0.1, 0.15) is 5.75 Å². The molecule has 0 unspecified atom stereocenters. The molecule has 0 spiro atoms. The lowest BCUT2D eigenvalue weighted by atomic mass is 9.89. The Hall–Kier alpha value is -3.35. The maximum atomic E-state index is 13.8. The molecule has 0 aliphatic carbocycles. The Morgan fingerprint density at radius 2 is 1.85 bits per heavy atom. The highest BCUT2D eigenvalue weighted by atomic mass is 16.5. The van der Waals surface area contributed by atoms with Crippen LogP contribution in [0, 0.1) is 5.92 Å². The number of carbonyl (C=O) groups excluding carboxylic acids is 2. The molecule has 7 heteroatoms. The number of anilines is 1. The second kappa shape index (κ2) is 10.1. The molecule has 0 saturated carbocycles. The number of imidazole rings is 1. The maximum Gasteiger partial charge on any atom is 0.321 e. The van der Waals surface area contributed by atoms with E-state index >= 15 is 0 Å². The molecule has 1 aromatic heterocycles. The van der Waals surface area contributed by atoms with Crippen LogP contribution >= 0.6 is 0 Å². The van der Waals surface area contributed by atoms with Crippen molar-refractivity contribution in [2.75, 3.05) is 24.7 Å². The predicted octanol–water partition coefficient (Wildman–Crippen LogP) is 4.74. The molecule has 7 nitrogen and oxygen atoms in total. The number of esters is 1. The number of ether oxygens (including phenoxy) is 2. The summed E-state index contributed by atoms with van der Waals surface area (Å²) in [5, 5.41) is 0. The number of hydrogen-bond donors (Lipinski definition) is 0. The van der Waals surface area contributed by atoms with Gasteiger partial charge >= 0.3 is 5.97 Å². The van der Waals surface area contributed by atoms with Gasteiger partial charge in [0.25, 0.3) is 0 Å². The molecule has 0 bridgehead atoms. The SMILES string of the molecule is CCCCCN1C(=O)[C@H](C(=O)OCC)[C@@H](c2cccc(OCC)c2)n2c1nc1ccccc12. The van der Waals surface area contributed by atoms with Crippen molar-refractivity contribution in [3.05, 3.63) is 54.1 Å². The largest absolute Gasteiger partial charge is 0.494 e. The van der Waals surface area contributed by atoms with Crippen molar-refractivity contribution in [1.29, 1.82) is 0 Å². The number of benzene rings is 2. The van der Waals surface area contributed by atoms with Crippen molar-refractivity contribution in [3.63, 3.8) is 0 Å². The van der Waals surface area contributed by atoms with Crippen molar-refractivity contribution in [2.24, 2.45) is 5.92 Å². The molecule has 0 N–H and O–H groups in total. The van der Waals surface area contributed by atoms with Crippen LogP contribution in [0.2, 0.25) is 0 Å². The molecule has 1 amide bonds. The van der Waals surface area contributed by atoms with Crippen LogP contribution in [-0.4, -0.2) is 41.2 Å². The smallest absolute Gasteiger partial charge is 0.321 e. The topological polar surface area (TPSA) is 73.7 Å². The van der Waals surface area contributed by atoms with Crippen molar-refractivity contribution in [1.82, 2.24) is 9.55 Å². The molecule has 3 aromatic rings. The summed E-state index contributed by atoms with van der Waals surface area (Å²) in [6.45, 7) is 7.05. The molecule has 0 fully saturated rings. The van der Waals surface area contributed by atoms with Crippen molar-refractivity contribution >= 4 is 28.9 Å². The first kappa shape index (κ1) is 22.8. The molecule has 174 valence electrons. The van der Waals surface area contributed by atoms with Gasteiger partial charge in [-0.3, -0.25) is 14.5 Å². The fraction of sp³-hybridized carbons (Fsp3) is 0.423. The van der Waals surface area contributed by atoms with Gasteiger partial charge in [-0.2, -0.15) is 0 Å². The van der Waals surface area contributed by atoms with E-state index in [-0.39, 0.29) is 12.5 Å². The van der Waals surface area contributed by atoms with Crippen LogP contribution in [0.15, 0.2) is 48.5 Å². The summed E-state index contributed by atoms with van der Waals surface area (Å²) in [6.07, 6.45) is 2.87. The van der Waals surface area contributed by atoms with Crippen LogP contribution in [-0.2, 0) is 14.3 Å². The Balaban J connectivity index is 1.93. The lowest BCUT2D eigenvalue weighted by molar-refractivity contribution is -0.153. The van der Waals surface area contributed by atoms with Gasteiger partial charge in [0, 0.05) is 6.54 Å². The molecular weight excluding hydrogens is 418 g/mol. The first-order chi connectivity index (χ1) is 16.1. The maximum absolute atomic E-state index is 13.8. The van der Waals surface area contributed by atoms with E-state index in [1.165, 1.54) is 0 Å². The third kappa shape index (κ3) is 4.32. The summed E-state index contributed by atoms with van der Waals surface area (Å²) in [5.41, 5.74) is 2.47. The van der Waals surface area contributed by atoms with Crippen LogP contribution in [0.25, 0.3) is 11.0 Å². The Bertz CT molecular complexity index is 1140. The zero-order valence-electron chi connectivity index (χ0n) is 19.5. The molecule has 4 rings (SSSR count). The summed E-state index contributed by atoms with van der Waals surface area (Å²) in [4.78, 5) is 33.5. The van der Waals surface area contributed by atoms with Crippen molar-refractivity contribution in [3.8, 4) is 5.75 Å². The molecule has 0 radical (unpaired) electrons. The van der Waals surface area contributed by atoms with Gasteiger partial charge in [0.05, 0.1) is 30.3 Å². The van der Waals surface area contributed by atoms with Crippen molar-refractivity contribution in [2.45, 2.75) is 46.1 Å². The quantitative estimate of drug-likeness (QED) is 0.268. The number of nitrogens with zero attached hydrogens (tertiary/aromatic N) is 3. The van der Waals surface area contributed by atoms with E-state index in [0.717, 1.165) is 35.9 Å². The summed E-state index contributed by atoms with van der Waals surface area (Å²) in [5.74, 6) is -0.517. The molecule has 2 heterocycles. The molecule has 1 aliphatic rings. The zero-order chi connectivity index (χ0) is 23.4. The van der Waals surface area contributed by atoms with Gasteiger partial charge < -0.3 is 14.0 Å². The number of hydrogen-bond acceptors (Lipinski definition) is 5. The summed E-state index contributed by atoms with van der Waals surface area (Å²) >= 11 is 0. The minimum absolute atomic E-state index is 0.210. The Morgan fingerprint density at radius 3 is 2.61 bits per heavy atom. The van der Waals surface area contributed by atoms with Gasteiger partial charge in [0.15, 0.2) is 5.92 Å². The lowest BCUT2D eigenvalue weighted by Gasteiger charge is -2.38. The Kier molecular flexibility index (Phi) is 6.96. The van der Waals surface area contributed by atoms with E-state index < -0.39 is 17.9 Å². The van der Waals surface area contributed by atoms with Gasteiger partial charge in [-0.15, -0.1) is 0 Å². The number of aromatic nitrogens is 2. The molecule has 1 aliphatic heterocycles. The Labute approximate surface area is 194 Å². The standard InChI is InChI=1S/C26H31N3O4/c1-4-7-10-16-28-24(30)22(25(31)33-6-3)23(18-12-11-13-19(17-18)32-5-2)29-21-15-9-8-14-20(21)27-26(28)29/h8-9,11-15,17,22-23H,4-7,10,16H2,1-3H3/t22-,23-/m1/s1. The first-order valence-electron chi connectivity index (χ1n) is 11.8. The lowest BCUT2D eigenvalue weighted by Crippen LogP contribution is -2.50. The number of rotatable bonds is 9.